The van der Waals surface area contributed by atoms with E-state index < -0.39 is 10.0 Å². The lowest BCUT2D eigenvalue weighted by molar-refractivity contribution is -0.126. The number of imidazole rings is 1. The van der Waals surface area contributed by atoms with E-state index in [1.165, 1.54) is 4.31 Å². The van der Waals surface area contributed by atoms with E-state index in [2.05, 4.69) is 26.2 Å². The van der Waals surface area contributed by atoms with Crippen LogP contribution in [0.3, 0.4) is 0 Å². The van der Waals surface area contributed by atoms with E-state index in [0.29, 0.717) is 25.9 Å². The van der Waals surface area contributed by atoms with Crippen molar-refractivity contribution < 1.29 is 13.2 Å². The predicted molar refractivity (Wildman–Crippen MR) is 113 cm³/mol. The molecule has 29 heavy (non-hydrogen) atoms. The molecule has 1 aliphatic rings. The number of carbonyl (C=O) groups excluding carboxylic acids is 1. The molecule has 1 fully saturated rings. The topological polar surface area (TPSA) is 83.8 Å². The molecule has 3 aromatic rings. The van der Waals surface area contributed by atoms with Gasteiger partial charge in [0.15, 0.2) is 0 Å². The second kappa shape index (κ2) is 8.25. The first-order valence-corrected chi connectivity index (χ1v) is 11.6. The Hall–Kier alpha value is -2.23. The number of halogens is 1. The van der Waals surface area contributed by atoms with Crippen molar-refractivity contribution in [1.29, 1.82) is 0 Å². The molecule has 3 heterocycles. The number of piperidine rings is 1. The van der Waals surface area contributed by atoms with Gasteiger partial charge in [-0.2, -0.15) is 4.31 Å². The molecule has 0 spiro atoms. The van der Waals surface area contributed by atoms with Crippen LogP contribution in [0.15, 0.2) is 64.2 Å². The third kappa shape index (κ3) is 4.36. The van der Waals surface area contributed by atoms with Crippen LogP contribution < -0.4 is 5.32 Å². The maximum atomic E-state index is 12.8. The molecule has 4 rings (SSSR count). The largest absolute Gasteiger partial charge is 0.350 e. The summed E-state index contributed by atoms with van der Waals surface area (Å²) in [7, 11) is -3.58. The highest BCUT2D eigenvalue weighted by Gasteiger charge is 2.33. The zero-order valence-corrected chi connectivity index (χ0v) is 18.1. The van der Waals surface area contributed by atoms with Crippen LogP contribution in [-0.2, 0) is 21.4 Å². The second-order valence-electron chi connectivity index (χ2n) is 7.08. The highest BCUT2D eigenvalue weighted by atomic mass is 79.9. The number of fused-ring (bicyclic) bond motifs is 1. The molecule has 0 saturated carbocycles. The summed E-state index contributed by atoms with van der Waals surface area (Å²) in [4.78, 5) is 17.4. The number of pyridine rings is 1. The fraction of sp³-hybridized carbons (Fsp3) is 0.300. The van der Waals surface area contributed by atoms with Gasteiger partial charge in [0.25, 0.3) is 0 Å². The van der Waals surface area contributed by atoms with Gasteiger partial charge in [-0.3, -0.25) is 4.79 Å². The summed E-state index contributed by atoms with van der Waals surface area (Å²) in [6.07, 6.45) is 5.10. The molecule has 1 N–H and O–H groups in total. The summed E-state index contributed by atoms with van der Waals surface area (Å²) >= 11 is 3.42. The summed E-state index contributed by atoms with van der Waals surface area (Å²) in [6.45, 7) is 0.934. The van der Waals surface area contributed by atoms with E-state index in [9.17, 15) is 13.2 Å². The van der Waals surface area contributed by atoms with Crippen LogP contribution in [0.5, 0.6) is 0 Å². The molecule has 1 unspecified atom stereocenters. The number of sulfonamides is 1. The zero-order valence-electron chi connectivity index (χ0n) is 15.7. The maximum Gasteiger partial charge on any atom is 0.243 e. The number of nitrogens with zero attached hydrogens (tertiary/aromatic N) is 3. The zero-order chi connectivity index (χ0) is 20.4. The van der Waals surface area contributed by atoms with E-state index in [0.717, 1.165) is 15.8 Å². The molecule has 1 atom stereocenters. The Morgan fingerprint density at radius 1 is 1.17 bits per heavy atom. The molecule has 2 aromatic heterocycles. The SMILES string of the molecule is O=C(NCc1cn2cc(Br)ccc2n1)C1CCCN(S(=O)(=O)c2ccccc2)C1. The van der Waals surface area contributed by atoms with E-state index in [4.69, 9.17) is 0 Å². The van der Waals surface area contributed by atoms with Gasteiger partial charge in [0.1, 0.15) is 5.65 Å². The van der Waals surface area contributed by atoms with Crippen LogP contribution in [-0.4, -0.2) is 41.1 Å². The molecule has 0 aliphatic carbocycles. The van der Waals surface area contributed by atoms with Crippen molar-refractivity contribution in [2.24, 2.45) is 5.92 Å². The first-order valence-electron chi connectivity index (χ1n) is 9.39. The van der Waals surface area contributed by atoms with Crippen LogP contribution in [0.25, 0.3) is 5.65 Å². The highest BCUT2D eigenvalue weighted by molar-refractivity contribution is 9.10. The predicted octanol–water partition coefficient (Wildman–Crippen LogP) is 2.81. The van der Waals surface area contributed by atoms with E-state index >= 15 is 0 Å². The second-order valence-corrected chi connectivity index (χ2v) is 9.93. The van der Waals surface area contributed by atoms with Crippen molar-refractivity contribution >= 4 is 37.5 Å². The van der Waals surface area contributed by atoms with Crippen LogP contribution in [0, 0.1) is 5.92 Å². The van der Waals surface area contributed by atoms with Gasteiger partial charge in [0, 0.05) is 30.0 Å². The summed E-state index contributed by atoms with van der Waals surface area (Å²) in [6, 6.07) is 12.2. The number of hydrogen-bond donors (Lipinski definition) is 1. The van der Waals surface area contributed by atoms with Crippen molar-refractivity contribution in [2.75, 3.05) is 13.1 Å². The molecule has 0 bridgehead atoms. The summed E-state index contributed by atoms with van der Waals surface area (Å²) < 4.78 is 29.9. The Bertz CT molecular complexity index is 1130. The molecule has 9 heteroatoms. The lowest BCUT2D eigenvalue weighted by atomic mass is 9.99. The molecule has 1 aromatic carbocycles. The van der Waals surface area contributed by atoms with Gasteiger partial charge in [0.2, 0.25) is 15.9 Å². The van der Waals surface area contributed by atoms with Gasteiger partial charge < -0.3 is 9.72 Å². The number of amides is 1. The Kier molecular flexibility index (Phi) is 5.71. The molecule has 1 aliphatic heterocycles. The van der Waals surface area contributed by atoms with Gasteiger partial charge in [-0.15, -0.1) is 0 Å². The van der Waals surface area contributed by atoms with Crippen LogP contribution in [0.4, 0.5) is 0 Å². The molecular formula is C20H21BrN4O3S. The molecule has 152 valence electrons. The Morgan fingerprint density at radius 2 is 1.97 bits per heavy atom. The quantitative estimate of drug-likeness (QED) is 0.613. The van der Waals surface area contributed by atoms with Gasteiger partial charge in [0.05, 0.1) is 23.1 Å². The minimum Gasteiger partial charge on any atom is -0.350 e. The summed E-state index contributed by atoms with van der Waals surface area (Å²) in [5.74, 6) is -0.510. The van der Waals surface area contributed by atoms with Gasteiger partial charge in [-0.25, -0.2) is 13.4 Å². The molecule has 0 radical (unpaired) electrons. The molecular weight excluding hydrogens is 456 g/mol. The van der Waals surface area contributed by atoms with Crippen LogP contribution >= 0.6 is 15.9 Å². The lowest BCUT2D eigenvalue weighted by Gasteiger charge is -2.31. The number of hydrogen-bond acceptors (Lipinski definition) is 4. The van der Waals surface area contributed by atoms with Crippen molar-refractivity contribution in [2.45, 2.75) is 24.3 Å². The standard InChI is InChI=1S/C20H21BrN4O3S/c21-16-8-9-19-23-17(14-24(19)13-16)11-22-20(26)15-5-4-10-25(12-15)29(27,28)18-6-2-1-3-7-18/h1-3,6-9,13-15H,4-5,10-12H2,(H,22,26). The van der Waals surface area contributed by atoms with Crippen molar-refractivity contribution in [3.05, 3.63) is 65.0 Å². The smallest absolute Gasteiger partial charge is 0.243 e. The van der Waals surface area contributed by atoms with Gasteiger partial charge in [-0.1, -0.05) is 18.2 Å². The molecule has 7 nitrogen and oxygen atoms in total. The van der Waals surface area contributed by atoms with Crippen molar-refractivity contribution in [3.63, 3.8) is 0 Å². The average molecular weight is 477 g/mol. The van der Waals surface area contributed by atoms with Crippen LogP contribution in [0.1, 0.15) is 18.5 Å². The summed E-state index contributed by atoms with van der Waals surface area (Å²) in [5, 5.41) is 2.91. The lowest BCUT2D eigenvalue weighted by Crippen LogP contribution is -2.45. The minimum atomic E-state index is -3.58. The summed E-state index contributed by atoms with van der Waals surface area (Å²) in [5.41, 5.74) is 1.55. The number of rotatable bonds is 5. The molecule has 1 saturated heterocycles. The third-order valence-electron chi connectivity index (χ3n) is 5.04. The van der Waals surface area contributed by atoms with Crippen LogP contribution in [0.2, 0.25) is 0 Å². The van der Waals surface area contributed by atoms with E-state index in [1.807, 2.05) is 28.9 Å². The first-order chi connectivity index (χ1) is 13.9. The average Bonchev–Trinajstić information content (AvgIpc) is 3.14. The normalized spacial score (nSPS) is 18.0. The number of benzene rings is 1. The van der Waals surface area contributed by atoms with E-state index in [1.54, 1.807) is 30.3 Å². The third-order valence-corrected chi connectivity index (χ3v) is 7.39. The highest BCUT2D eigenvalue weighted by Crippen LogP contribution is 2.24. The first kappa shape index (κ1) is 20.1. The maximum absolute atomic E-state index is 12.8. The van der Waals surface area contributed by atoms with Crippen molar-refractivity contribution in [3.8, 4) is 0 Å². The molecule has 1 amide bonds. The Balaban J connectivity index is 1.40. The minimum absolute atomic E-state index is 0.142. The monoisotopic (exact) mass is 476 g/mol. The van der Waals surface area contributed by atoms with Gasteiger partial charge >= 0.3 is 0 Å². The fourth-order valence-corrected chi connectivity index (χ4v) is 5.44. The number of nitrogens with one attached hydrogen (secondary N) is 1. The fourth-order valence-electron chi connectivity index (χ4n) is 3.54. The Morgan fingerprint density at radius 3 is 2.76 bits per heavy atom. The number of aromatic nitrogens is 2. The van der Waals surface area contributed by atoms with Gasteiger partial charge in [-0.05, 0) is 53.0 Å². The number of carbonyl (C=O) groups is 1. The van der Waals surface area contributed by atoms with E-state index in [-0.39, 0.29) is 23.3 Å². The Labute approximate surface area is 177 Å². The van der Waals surface area contributed by atoms with Crippen molar-refractivity contribution in [1.82, 2.24) is 19.0 Å².